The Bertz CT molecular complexity index is 691. The summed E-state index contributed by atoms with van der Waals surface area (Å²) in [5.74, 6) is 0. The Kier molecular flexibility index (Phi) is 3.83. The lowest BCUT2D eigenvalue weighted by Crippen LogP contribution is -2.13. The van der Waals surface area contributed by atoms with Gasteiger partial charge in [-0.15, -0.1) is 0 Å². The predicted octanol–water partition coefficient (Wildman–Crippen LogP) is 3.76. The van der Waals surface area contributed by atoms with Gasteiger partial charge in [-0.3, -0.25) is 4.72 Å². The van der Waals surface area contributed by atoms with Crippen molar-refractivity contribution in [2.75, 3.05) is 4.72 Å². The molecule has 100 valence electrons. The predicted molar refractivity (Wildman–Crippen MR) is 78.2 cm³/mol. The van der Waals surface area contributed by atoms with Crippen molar-refractivity contribution >= 4 is 27.3 Å². The van der Waals surface area contributed by atoms with Gasteiger partial charge in [-0.05, 0) is 49.2 Å². The molecule has 19 heavy (non-hydrogen) atoms. The first-order valence-electron chi connectivity index (χ1n) is 5.74. The minimum absolute atomic E-state index is 0.0795. The first kappa shape index (κ1) is 13.9. The van der Waals surface area contributed by atoms with Crippen molar-refractivity contribution in [2.24, 2.45) is 0 Å². The lowest BCUT2D eigenvalue weighted by Gasteiger charge is -2.10. The number of anilines is 1. The fraction of sp³-hybridized carbons (Fsp3) is 0.143. The SMILES string of the molecule is Cc1cc(C)cc(NS(=O)(=O)c2ccccc2Cl)c1. The molecule has 0 saturated carbocycles. The average molecular weight is 296 g/mol. The van der Waals surface area contributed by atoms with E-state index in [-0.39, 0.29) is 9.92 Å². The molecule has 5 heteroatoms. The van der Waals surface area contributed by atoms with Gasteiger partial charge >= 0.3 is 0 Å². The van der Waals surface area contributed by atoms with Gasteiger partial charge in [0.1, 0.15) is 4.90 Å². The molecule has 0 aliphatic heterocycles. The summed E-state index contributed by atoms with van der Waals surface area (Å²) in [6.45, 7) is 3.83. The molecule has 0 fully saturated rings. The summed E-state index contributed by atoms with van der Waals surface area (Å²) >= 11 is 5.92. The molecular weight excluding hydrogens is 282 g/mol. The Labute approximate surface area is 118 Å². The van der Waals surface area contributed by atoms with Crippen molar-refractivity contribution in [3.05, 3.63) is 58.6 Å². The Morgan fingerprint density at radius 2 is 1.58 bits per heavy atom. The van der Waals surface area contributed by atoms with E-state index in [1.165, 1.54) is 6.07 Å². The van der Waals surface area contributed by atoms with Gasteiger partial charge in [-0.25, -0.2) is 8.42 Å². The maximum Gasteiger partial charge on any atom is 0.263 e. The van der Waals surface area contributed by atoms with Gasteiger partial charge in [0.2, 0.25) is 0 Å². The summed E-state index contributed by atoms with van der Waals surface area (Å²) in [6, 6.07) is 11.9. The number of nitrogens with one attached hydrogen (secondary N) is 1. The zero-order chi connectivity index (χ0) is 14.0. The van der Waals surface area contributed by atoms with Gasteiger partial charge in [-0.1, -0.05) is 29.8 Å². The minimum Gasteiger partial charge on any atom is -0.280 e. The molecule has 0 radical (unpaired) electrons. The molecule has 0 spiro atoms. The Hall–Kier alpha value is -1.52. The van der Waals surface area contributed by atoms with Gasteiger partial charge < -0.3 is 0 Å². The molecule has 0 saturated heterocycles. The van der Waals surface area contributed by atoms with Gasteiger partial charge in [0.05, 0.1) is 5.02 Å². The highest BCUT2D eigenvalue weighted by atomic mass is 35.5. The maximum atomic E-state index is 12.2. The molecule has 2 aromatic carbocycles. The maximum absolute atomic E-state index is 12.2. The number of hydrogen-bond donors (Lipinski definition) is 1. The van der Waals surface area contributed by atoms with Crippen molar-refractivity contribution in [3.8, 4) is 0 Å². The van der Waals surface area contributed by atoms with Gasteiger partial charge in [-0.2, -0.15) is 0 Å². The minimum atomic E-state index is -3.66. The zero-order valence-corrected chi connectivity index (χ0v) is 12.2. The van der Waals surface area contributed by atoms with Gasteiger partial charge in [0.25, 0.3) is 10.0 Å². The second kappa shape index (κ2) is 5.23. The number of benzene rings is 2. The second-order valence-corrected chi connectivity index (χ2v) is 6.47. The van der Waals surface area contributed by atoms with Crippen LogP contribution in [0.2, 0.25) is 5.02 Å². The zero-order valence-electron chi connectivity index (χ0n) is 10.6. The topological polar surface area (TPSA) is 46.2 Å². The number of rotatable bonds is 3. The lowest BCUT2D eigenvalue weighted by molar-refractivity contribution is 0.601. The first-order chi connectivity index (χ1) is 8.88. The van der Waals surface area contributed by atoms with Crippen LogP contribution in [0.4, 0.5) is 5.69 Å². The average Bonchev–Trinajstić information content (AvgIpc) is 2.26. The molecule has 0 aromatic heterocycles. The van der Waals surface area contributed by atoms with E-state index in [2.05, 4.69) is 4.72 Å². The van der Waals surface area contributed by atoms with E-state index in [9.17, 15) is 8.42 Å². The lowest BCUT2D eigenvalue weighted by atomic mass is 10.1. The van der Waals surface area contributed by atoms with Crippen LogP contribution in [0.25, 0.3) is 0 Å². The second-order valence-electron chi connectivity index (χ2n) is 4.41. The molecule has 1 N–H and O–H groups in total. The van der Waals surface area contributed by atoms with Crippen LogP contribution in [0.3, 0.4) is 0 Å². The summed E-state index contributed by atoms with van der Waals surface area (Å²) in [6.07, 6.45) is 0. The van der Waals surface area contributed by atoms with Crippen LogP contribution in [0.5, 0.6) is 0 Å². The third kappa shape index (κ3) is 3.28. The van der Waals surface area contributed by atoms with Gasteiger partial charge in [0, 0.05) is 5.69 Å². The van der Waals surface area contributed by atoms with E-state index in [0.29, 0.717) is 5.69 Å². The summed E-state index contributed by atoms with van der Waals surface area (Å²) in [7, 11) is -3.66. The molecule has 3 nitrogen and oxygen atoms in total. The van der Waals surface area contributed by atoms with E-state index in [1.807, 2.05) is 19.9 Å². The molecule has 2 aromatic rings. The molecule has 0 unspecified atom stereocenters. The van der Waals surface area contributed by atoms with E-state index in [1.54, 1.807) is 30.3 Å². The largest absolute Gasteiger partial charge is 0.280 e. The smallest absolute Gasteiger partial charge is 0.263 e. The molecule has 0 heterocycles. The Morgan fingerprint density at radius 3 is 2.16 bits per heavy atom. The molecular formula is C14H14ClNO2S. The van der Waals surface area contributed by atoms with Crippen LogP contribution in [0.1, 0.15) is 11.1 Å². The van der Waals surface area contributed by atoms with E-state index in [0.717, 1.165) is 11.1 Å². The van der Waals surface area contributed by atoms with Gasteiger partial charge in [0.15, 0.2) is 0 Å². The van der Waals surface area contributed by atoms with Crippen molar-refractivity contribution in [1.82, 2.24) is 0 Å². The molecule has 0 aliphatic carbocycles. The number of hydrogen-bond acceptors (Lipinski definition) is 2. The van der Waals surface area contributed by atoms with E-state index in [4.69, 9.17) is 11.6 Å². The van der Waals surface area contributed by atoms with Crippen LogP contribution in [0.15, 0.2) is 47.4 Å². The highest BCUT2D eigenvalue weighted by Gasteiger charge is 2.17. The molecule has 2 rings (SSSR count). The summed E-state index contributed by atoms with van der Waals surface area (Å²) in [5, 5.41) is 0.208. The fourth-order valence-corrected chi connectivity index (χ4v) is 3.47. The van der Waals surface area contributed by atoms with Crippen molar-refractivity contribution < 1.29 is 8.42 Å². The number of sulfonamides is 1. The monoisotopic (exact) mass is 295 g/mol. The van der Waals surface area contributed by atoms with Crippen LogP contribution < -0.4 is 4.72 Å². The highest BCUT2D eigenvalue weighted by molar-refractivity contribution is 7.92. The van der Waals surface area contributed by atoms with Crippen LogP contribution in [0, 0.1) is 13.8 Å². The molecule has 0 bridgehead atoms. The van der Waals surface area contributed by atoms with Crippen molar-refractivity contribution in [1.29, 1.82) is 0 Å². The highest BCUT2D eigenvalue weighted by Crippen LogP contribution is 2.24. The Balaban J connectivity index is 2.39. The summed E-state index contributed by atoms with van der Waals surface area (Å²) in [5.41, 5.74) is 2.53. The third-order valence-electron chi connectivity index (χ3n) is 2.60. The fourth-order valence-electron chi connectivity index (χ4n) is 1.91. The summed E-state index contributed by atoms with van der Waals surface area (Å²) < 4.78 is 27.0. The Morgan fingerprint density at radius 1 is 1.00 bits per heavy atom. The normalized spacial score (nSPS) is 11.3. The third-order valence-corrected chi connectivity index (χ3v) is 4.48. The molecule has 0 amide bonds. The van der Waals surface area contributed by atoms with Crippen LogP contribution in [-0.4, -0.2) is 8.42 Å². The van der Waals surface area contributed by atoms with E-state index < -0.39 is 10.0 Å². The van der Waals surface area contributed by atoms with Crippen molar-refractivity contribution in [2.45, 2.75) is 18.7 Å². The van der Waals surface area contributed by atoms with Crippen LogP contribution >= 0.6 is 11.6 Å². The number of aryl methyl sites for hydroxylation is 2. The standard InChI is InChI=1S/C14H14ClNO2S/c1-10-7-11(2)9-12(8-10)16-19(17,18)14-6-4-3-5-13(14)15/h3-9,16H,1-2H3. The molecule has 0 aliphatic rings. The summed E-state index contributed by atoms with van der Waals surface area (Å²) in [4.78, 5) is 0.0795. The van der Waals surface area contributed by atoms with Crippen molar-refractivity contribution in [3.63, 3.8) is 0 Å². The number of halogens is 1. The van der Waals surface area contributed by atoms with Crippen LogP contribution in [-0.2, 0) is 10.0 Å². The molecule has 0 atom stereocenters. The van der Waals surface area contributed by atoms with E-state index >= 15 is 0 Å². The first-order valence-corrected chi connectivity index (χ1v) is 7.60. The quantitative estimate of drug-likeness (QED) is 0.937.